The monoisotopic (exact) mass is 242 g/mol. The Kier molecular flexibility index (Phi) is 5.58. The van der Waals surface area contributed by atoms with Crippen molar-refractivity contribution >= 4 is 7.60 Å². The summed E-state index contributed by atoms with van der Waals surface area (Å²) in [4.78, 5) is 9.60. The lowest BCUT2D eigenvalue weighted by Gasteiger charge is -2.12. The van der Waals surface area contributed by atoms with Crippen LogP contribution in [0.15, 0.2) is 30.3 Å². The lowest BCUT2D eigenvalue weighted by atomic mass is 10.2. The fraction of sp³-hybridized carbons (Fsp3) is 0.500. The van der Waals surface area contributed by atoms with Crippen molar-refractivity contribution < 1.29 is 14.0 Å². The predicted molar refractivity (Wildman–Crippen MR) is 65.9 cm³/mol. The molecule has 0 saturated carbocycles. The van der Waals surface area contributed by atoms with Crippen LogP contribution in [0.4, 0.5) is 0 Å². The number of rotatable bonds is 7. The number of unbranched alkanes of at least 4 members (excludes halogenated alkanes) is 3. The SMILES string of the molecule is CCCCCCP(=O)(O)Oc1ccccc1. The van der Waals surface area contributed by atoms with E-state index < -0.39 is 7.60 Å². The minimum absolute atomic E-state index is 0.238. The Morgan fingerprint density at radius 3 is 2.50 bits per heavy atom. The van der Waals surface area contributed by atoms with Gasteiger partial charge in [-0.15, -0.1) is 0 Å². The summed E-state index contributed by atoms with van der Waals surface area (Å²) < 4.78 is 16.8. The third-order valence-corrected chi connectivity index (χ3v) is 3.66. The maximum Gasteiger partial charge on any atom is 0.376 e. The third kappa shape index (κ3) is 5.34. The second-order valence-electron chi connectivity index (χ2n) is 3.83. The van der Waals surface area contributed by atoms with E-state index in [1.807, 2.05) is 6.07 Å². The molecule has 1 aromatic carbocycles. The van der Waals surface area contributed by atoms with Gasteiger partial charge in [0.1, 0.15) is 5.75 Å². The highest BCUT2D eigenvalue weighted by Gasteiger charge is 2.19. The Hall–Kier alpha value is -0.790. The van der Waals surface area contributed by atoms with Gasteiger partial charge in [-0.1, -0.05) is 44.4 Å². The van der Waals surface area contributed by atoms with Gasteiger partial charge in [0.2, 0.25) is 0 Å². The van der Waals surface area contributed by atoms with E-state index in [4.69, 9.17) is 4.52 Å². The summed E-state index contributed by atoms with van der Waals surface area (Å²) in [6.45, 7) is 2.11. The molecule has 0 aliphatic rings. The summed E-state index contributed by atoms with van der Waals surface area (Å²) in [7, 11) is -3.45. The molecule has 16 heavy (non-hydrogen) atoms. The van der Waals surface area contributed by atoms with Crippen LogP contribution >= 0.6 is 7.60 Å². The van der Waals surface area contributed by atoms with Gasteiger partial charge in [0.25, 0.3) is 0 Å². The van der Waals surface area contributed by atoms with E-state index in [9.17, 15) is 9.46 Å². The maximum absolute atomic E-state index is 11.7. The Bertz CT molecular complexity index is 337. The Morgan fingerprint density at radius 2 is 1.88 bits per heavy atom. The van der Waals surface area contributed by atoms with Gasteiger partial charge in [0.15, 0.2) is 0 Å². The zero-order valence-electron chi connectivity index (χ0n) is 9.63. The highest BCUT2D eigenvalue weighted by atomic mass is 31.2. The van der Waals surface area contributed by atoms with Gasteiger partial charge in [-0.2, -0.15) is 0 Å². The molecule has 0 aliphatic carbocycles. The number of hydrogen-bond acceptors (Lipinski definition) is 2. The van der Waals surface area contributed by atoms with Crippen molar-refractivity contribution in [3.63, 3.8) is 0 Å². The predicted octanol–water partition coefficient (Wildman–Crippen LogP) is 3.83. The van der Waals surface area contributed by atoms with Gasteiger partial charge in [-0.05, 0) is 18.6 Å². The number of hydrogen-bond donors (Lipinski definition) is 1. The largest absolute Gasteiger partial charge is 0.424 e. The van der Waals surface area contributed by atoms with E-state index in [1.165, 1.54) is 0 Å². The molecule has 0 amide bonds. The molecule has 0 aliphatic heterocycles. The molecule has 0 saturated heterocycles. The van der Waals surface area contributed by atoms with Crippen molar-refractivity contribution in [1.82, 2.24) is 0 Å². The highest BCUT2D eigenvalue weighted by Crippen LogP contribution is 2.43. The van der Waals surface area contributed by atoms with E-state index in [0.29, 0.717) is 5.75 Å². The second kappa shape index (κ2) is 6.72. The van der Waals surface area contributed by atoms with Gasteiger partial charge < -0.3 is 9.42 Å². The molecule has 0 fully saturated rings. The van der Waals surface area contributed by atoms with Gasteiger partial charge >= 0.3 is 7.60 Å². The topological polar surface area (TPSA) is 46.5 Å². The fourth-order valence-electron chi connectivity index (χ4n) is 1.43. The summed E-state index contributed by atoms with van der Waals surface area (Å²) >= 11 is 0. The van der Waals surface area contributed by atoms with Crippen LogP contribution in [0.3, 0.4) is 0 Å². The highest BCUT2D eigenvalue weighted by molar-refractivity contribution is 7.53. The fourth-order valence-corrected chi connectivity index (χ4v) is 2.60. The molecule has 0 bridgehead atoms. The number of benzene rings is 1. The second-order valence-corrected chi connectivity index (χ2v) is 5.73. The van der Waals surface area contributed by atoms with Crippen LogP contribution in [0.1, 0.15) is 32.6 Å². The zero-order chi connectivity index (χ0) is 11.9. The molecular weight excluding hydrogens is 223 g/mol. The summed E-state index contributed by atoms with van der Waals surface area (Å²) in [6, 6.07) is 8.79. The minimum Gasteiger partial charge on any atom is -0.424 e. The molecule has 4 heteroatoms. The molecule has 90 valence electrons. The molecule has 1 atom stereocenters. The normalized spacial score (nSPS) is 14.4. The summed E-state index contributed by atoms with van der Waals surface area (Å²) in [5.74, 6) is 0.462. The Balaban J connectivity index is 2.37. The molecule has 1 unspecified atom stereocenters. The van der Waals surface area contributed by atoms with Gasteiger partial charge in [0, 0.05) is 0 Å². The third-order valence-electron chi connectivity index (χ3n) is 2.29. The molecule has 0 aromatic heterocycles. The first kappa shape index (κ1) is 13.3. The first-order valence-corrected chi connectivity index (χ1v) is 7.47. The standard InChI is InChI=1S/C12H19O3P/c1-2-3-4-8-11-16(13,14)15-12-9-6-5-7-10-12/h5-7,9-10H,2-4,8,11H2,1H3,(H,13,14). The Labute approximate surface area is 97.0 Å². The van der Waals surface area contributed by atoms with Crippen molar-refractivity contribution in [1.29, 1.82) is 0 Å². The molecule has 3 nitrogen and oxygen atoms in total. The van der Waals surface area contributed by atoms with Crippen molar-refractivity contribution in [3.8, 4) is 5.75 Å². The average Bonchev–Trinajstić information content (AvgIpc) is 2.25. The van der Waals surface area contributed by atoms with E-state index >= 15 is 0 Å². The summed E-state index contributed by atoms with van der Waals surface area (Å²) in [6.07, 6.45) is 4.19. The molecule has 0 heterocycles. The molecule has 1 N–H and O–H groups in total. The van der Waals surface area contributed by atoms with Crippen LogP contribution in [0.25, 0.3) is 0 Å². The van der Waals surface area contributed by atoms with Crippen LogP contribution < -0.4 is 4.52 Å². The van der Waals surface area contributed by atoms with Crippen molar-refractivity contribution in [3.05, 3.63) is 30.3 Å². The van der Waals surface area contributed by atoms with E-state index in [-0.39, 0.29) is 6.16 Å². The maximum atomic E-state index is 11.7. The van der Waals surface area contributed by atoms with Crippen molar-refractivity contribution in [2.45, 2.75) is 32.6 Å². The quantitative estimate of drug-likeness (QED) is 0.583. The van der Waals surface area contributed by atoms with Crippen LogP contribution in [0.5, 0.6) is 5.75 Å². The molecular formula is C12H19O3P. The van der Waals surface area contributed by atoms with Crippen LogP contribution in [-0.2, 0) is 4.57 Å². The first-order chi connectivity index (χ1) is 7.64. The molecule has 1 aromatic rings. The first-order valence-electron chi connectivity index (χ1n) is 5.70. The summed E-state index contributed by atoms with van der Waals surface area (Å²) in [5, 5.41) is 0. The molecule has 1 rings (SSSR count). The van der Waals surface area contributed by atoms with E-state index in [0.717, 1.165) is 25.7 Å². The average molecular weight is 242 g/mol. The van der Waals surface area contributed by atoms with Gasteiger partial charge in [0.05, 0.1) is 6.16 Å². The van der Waals surface area contributed by atoms with Crippen LogP contribution in [0.2, 0.25) is 0 Å². The van der Waals surface area contributed by atoms with Gasteiger partial charge in [-0.25, -0.2) is 4.57 Å². The van der Waals surface area contributed by atoms with Crippen molar-refractivity contribution in [2.24, 2.45) is 0 Å². The van der Waals surface area contributed by atoms with Crippen LogP contribution in [0, 0.1) is 0 Å². The van der Waals surface area contributed by atoms with Crippen LogP contribution in [-0.4, -0.2) is 11.1 Å². The lowest BCUT2D eigenvalue weighted by molar-refractivity contribution is 0.377. The van der Waals surface area contributed by atoms with E-state index in [1.54, 1.807) is 24.3 Å². The smallest absolute Gasteiger partial charge is 0.376 e. The zero-order valence-corrected chi connectivity index (χ0v) is 10.5. The lowest BCUT2D eigenvalue weighted by Crippen LogP contribution is -1.97. The molecule has 0 radical (unpaired) electrons. The van der Waals surface area contributed by atoms with Gasteiger partial charge in [-0.3, -0.25) is 0 Å². The molecule has 0 spiro atoms. The number of para-hydroxylation sites is 1. The van der Waals surface area contributed by atoms with E-state index in [2.05, 4.69) is 6.92 Å². The minimum atomic E-state index is -3.45. The van der Waals surface area contributed by atoms with Crippen molar-refractivity contribution in [2.75, 3.05) is 6.16 Å². The Morgan fingerprint density at radius 1 is 1.19 bits per heavy atom. The summed E-state index contributed by atoms with van der Waals surface area (Å²) in [5.41, 5.74) is 0.